The standard InChI is InChI=1S/C10H9Br2ClO2/c1-15-9-3-2-6(13)4-7(9)10(14)8(12)5-11/h2-4,8H,5H2,1H3. The fourth-order valence-electron chi connectivity index (χ4n) is 1.11. The van der Waals surface area contributed by atoms with Gasteiger partial charge < -0.3 is 4.74 Å². The maximum absolute atomic E-state index is 11.9. The predicted molar refractivity (Wildman–Crippen MR) is 68.8 cm³/mol. The average molecular weight is 356 g/mol. The molecular formula is C10H9Br2ClO2. The van der Waals surface area contributed by atoms with Gasteiger partial charge in [-0.25, -0.2) is 0 Å². The minimum atomic E-state index is -0.273. The van der Waals surface area contributed by atoms with Crippen molar-refractivity contribution in [2.45, 2.75) is 4.83 Å². The number of hydrogen-bond donors (Lipinski definition) is 0. The number of halogens is 3. The highest BCUT2D eigenvalue weighted by Gasteiger charge is 2.19. The summed E-state index contributed by atoms with van der Waals surface area (Å²) < 4.78 is 5.10. The summed E-state index contributed by atoms with van der Waals surface area (Å²) in [5.41, 5.74) is 0.492. The van der Waals surface area contributed by atoms with Crippen LogP contribution in [-0.2, 0) is 0 Å². The summed E-state index contributed by atoms with van der Waals surface area (Å²) in [6.45, 7) is 0. The molecule has 0 saturated heterocycles. The SMILES string of the molecule is COc1ccc(Cl)cc1C(=O)C(Br)CBr. The first-order valence-electron chi connectivity index (χ1n) is 4.18. The van der Waals surface area contributed by atoms with Gasteiger partial charge in [0, 0.05) is 10.4 Å². The van der Waals surface area contributed by atoms with Gasteiger partial charge in [0.05, 0.1) is 17.5 Å². The van der Waals surface area contributed by atoms with Crippen LogP contribution in [0.1, 0.15) is 10.4 Å². The molecule has 0 saturated carbocycles. The maximum Gasteiger partial charge on any atom is 0.181 e. The van der Waals surface area contributed by atoms with Crippen molar-refractivity contribution in [2.24, 2.45) is 0 Å². The van der Waals surface area contributed by atoms with Crippen LogP contribution < -0.4 is 4.74 Å². The Labute approximate surface area is 110 Å². The first-order chi connectivity index (χ1) is 7.10. The fraction of sp³-hybridized carbons (Fsp3) is 0.300. The van der Waals surface area contributed by atoms with E-state index < -0.39 is 0 Å². The topological polar surface area (TPSA) is 26.3 Å². The Kier molecular flexibility index (Phi) is 5.09. The van der Waals surface area contributed by atoms with Crippen LogP contribution in [0.3, 0.4) is 0 Å². The van der Waals surface area contributed by atoms with Gasteiger partial charge in [-0.1, -0.05) is 43.5 Å². The molecule has 1 unspecified atom stereocenters. The van der Waals surface area contributed by atoms with E-state index in [1.165, 1.54) is 7.11 Å². The molecule has 0 aliphatic rings. The molecule has 1 aromatic carbocycles. The van der Waals surface area contributed by atoms with Crippen molar-refractivity contribution >= 4 is 49.2 Å². The minimum Gasteiger partial charge on any atom is -0.496 e. The van der Waals surface area contributed by atoms with Gasteiger partial charge in [-0.3, -0.25) is 4.79 Å². The smallest absolute Gasteiger partial charge is 0.181 e. The number of methoxy groups -OCH3 is 1. The molecule has 0 heterocycles. The summed E-state index contributed by atoms with van der Waals surface area (Å²) in [6, 6.07) is 4.98. The zero-order valence-electron chi connectivity index (χ0n) is 7.97. The lowest BCUT2D eigenvalue weighted by Crippen LogP contribution is -2.16. The van der Waals surface area contributed by atoms with Crippen LogP contribution >= 0.6 is 43.5 Å². The number of hydrogen-bond acceptors (Lipinski definition) is 2. The van der Waals surface area contributed by atoms with Gasteiger partial charge in [0.15, 0.2) is 5.78 Å². The number of Topliss-reactive ketones (excluding diaryl/α,β-unsaturated/α-hetero) is 1. The Bertz CT molecular complexity index is 368. The van der Waals surface area contributed by atoms with Crippen molar-refractivity contribution < 1.29 is 9.53 Å². The van der Waals surface area contributed by atoms with Crippen LogP contribution in [0.2, 0.25) is 5.02 Å². The molecule has 0 aromatic heterocycles. The van der Waals surface area contributed by atoms with E-state index in [0.717, 1.165) is 0 Å². The van der Waals surface area contributed by atoms with E-state index >= 15 is 0 Å². The van der Waals surface area contributed by atoms with Crippen LogP contribution in [0.25, 0.3) is 0 Å². The van der Waals surface area contributed by atoms with E-state index in [0.29, 0.717) is 21.7 Å². The van der Waals surface area contributed by atoms with Crippen molar-refractivity contribution in [1.82, 2.24) is 0 Å². The average Bonchev–Trinajstić information content (AvgIpc) is 2.27. The molecule has 0 fully saturated rings. The van der Waals surface area contributed by atoms with Crippen molar-refractivity contribution in [3.63, 3.8) is 0 Å². The molecule has 0 radical (unpaired) electrons. The molecule has 1 atom stereocenters. The van der Waals surface area contributed by atoms with Gasteiger partial charge in [-0.15, -0.1) is 0 Å². The first kappa shape index (κ1) is 13.0. The quantitative estimate of drug-likeness (QED) is 0.608. The van der Waals surface area contributed by atoms with E-state index in [1.807, 2.05) is 0 Å². The van der Waals surface area contributed by atoms with Crippen LogP contribution in [0.4, 0.5) is 0 Å². The van der Waals surface area contributed by atoms with Crippen molar-refractivity contribution in [1.29, 1.82) is 0 Å². The number of alkyl halides is 2. The van der Waals surface area contributed by atoms with Crippen LogP contribution in [0, 0.1) is 0 Å². The Morgan fingerprint density at radius 2 is 2.27 bits per heavy atom. The summed E-state index contributed by atoms with van der Waals surface area (Å²) in [5.74, 6) is 0.487. The fourth-order valence-corrected chi connectivity index (χ4v) is 1.82. The van der Waals surface area contributed by atoms with E-state index in [1.54, 1.807) is 18.2 Å². The first-order valence-corrected chi connectivity index (χ1v) is 6.59. The summed E-state index contributed by atoms with van der Waals surface area (Å²) in [6.07, 6.45) is 0. The zero-order chi connectivity index (χ0) is 11.4. The van der Waals surface area contributed by atoms with Crippen LogP contribution in [0.15, 0.2) is 18.2 Å². The third kappa shape index (κ3) is 3.20. The molecule has 0 amide bonds. The van der Waals surface area contributed by atoms with E-state index in [2.05, 4.69) is 31.9 Å². The lowest BCUT2D eigenvalue weighted by Gasteiger charge is -2.10. The number of ketones is 1. The molecule has 0 N–H and O–H groups in total. The molecule has 15 heavy (non-hydrogen) atoms. The van der Waals surface area contributed by atoms with Gasteiger partial charge in [-0.2, -0.15) is 0 Å². The number of carbonyl (C=O) groups excluding carboxylic acids is 1. The van der Waals surface area contributed by atoms with Crippen molar-refractivity contribution in [3.8, 4) is 5.75 Å². The molecule has 5 heteroatoms. The van der Waals surface area contributed by atoms with E-state index in [9.17, 15) is 4.79 Å². The lowest BCUT2D eigenvalue weighted by molar-refractivity contribution is 0.0994. The number of carbonyl (C=O) groups is 1. The molecule has 0 aliphatic heterocycles. The summed E-state index contributed by atoms with van der Waals surface area (Å²) in [5, 5.41) is 1.06. The normalized spacial score (nSPS) is 12.3. The Balaban J connectivity index is 3.11. The van der Waals surface area contributed by atoms with Crippen LogP contribution in [-0.4, -0.2) is 23.1 Å². The van der Waals surface area contributed by atoms with Gasteiger partial charge in [0.1, 0.15) is 5.75 Å². The Hall–Kier alpha value is -0.0600. The summed E-state index contributed by atoms with van der Waals surface area (Å²) in [4.78, 5) is 11.6. The third-order valence-corrected chi connectivity index (χ3v) is 4.34. The highest BCUT2D eigenvalue weighted by Crippen LogP contribution is 2.25. The summed E-state index contributed by atoms with van der Waals surface area (Å²) in [7, 11) is 1.53. The van der Waals surface area contributed by atoms with E-state index in [-0.39, 0.29) is 10.6 Å². The molecule has 82 valence electrons. The van der Waals surface area contributed by atoms with Gasteiger partial charge in [0.25, 0.3) is 0 Å². The third-order valence-electron chi connectivity index (χ3n) is 1.85. The molecule has 2 nitrogen and oxygen atoms in total. The molecular weight excluding hydrogens is 347 g/mol. The van der Waals surface area contributed by atoms with Crippen molar-refractivity contribution in [2.75, 3.05) is 12.4 Å². The largest absolute Gasteiger partial charge is 0.496 e. The number of ether oxygens (including phenoxy) is 1. The van der Waals surface area contributed by atoms with Gasteiger partial charge in [-0.05, 0) is 18.2 Å². The Morgan fingerprint density at radius 3 is 2.80 bits per heavy atom. The second kappa shape index (κ2) is 5.87. The molecule has 1 rings (SSSR count). The van der Waals surface area contributed by atoms with Gasteiger partial charge in [0.2, 0.25) is 0 Å². The van der Waals surface area contributed by atoms with E-state index in [4.69, 9.17) is 16.3 Å². The van der Waals surface area contributed by atoms with Gasteiger partial charge >= 0.3 is 0 Å². The Morgan fingerprint density at radius 1 is 1.60 bits per heavy atom. The highest BCUT2D eigenvalue weighted by atomic mass is 79.9. The zero-order valence-corrected chi connectivity index (χ0v) is 11.9. The maximum atomic E-state index is 11.9. The second-order valence-corrected chi connectivity index (χ2v) is 5.02. The number of benzene rings is 1. The highest BCUT2D eigenvalue weighted by molar-refractivity contribution is 9.12. The molecule has 0 spiro atoms. The molecule has 1 aromatic rings. The predicted octanol–water partition coefficient (Wildman–Crippen LogP) is 3.69. The van der Waals surface area contributed by atoms with Crippen LogP contribution in [0.5, 0.6) is 5.75 Å². The summed E-state index contributed by atoms with van der Waals surface area (Å²) >= 11 is 12.3. The second-order valence-electron chi connectivity index (χ2n) is 2.83. The monoisotopic (exact) mass is 354 g/mol. The lowest BCUT2D eigenvalue weighted by atomic mass is 10.1. The van der Waals surface area contributed by atoms with Crippen molar-refractivity contribution in [3.05, 3.63) is 28.8 Å². The molecule has 0 bridgehead atoms. The minimum absolute atomic E-state index is 0.0498. The number of rotatable bonds is 4. The molecule has 0 aliphatic carbocycles.